The Hall–Kier alpha value is -1.71. The van der Waals surface area contributed by atoms with Crippen LogP contribution in [0, 0.1) is 0 Å². The smallest absolute Gasteiger partial charge is 0.266 e. The van der Waals surface area contributed by atoms with Gasteiger partial charge in [-0.2, -0.15) is 0 Å². The lowest BCUT2D eigenvalue weighted by atomic mass is 10.0. The predicted octanol–water partition coefficient (Wildman–Crippen LogP) is 2.70. The number of nitrogens with one attached hydrogen (secondary N) is 1. The minimum Gasteiger partial charge on any atom is -0.352 e. The number of benzene rings is 1. The topological polar surface area (TPSA) is 83.6 Å². The Labute approximate surface area is 181 Å². The normalized spacial score (nSPS) is 22.7. The molecule has 0 aromatic heterocycles. The second kappa shape index (κ2) is 8.97. The van der Waals surface area contributed by atoms with Gasteiger partial charge in [0.15, 0.2) is 9.84 Å². The average Bonchev–Trinajstić information content (AvgIpc) is 3.12. The molecule has 2 saturated heterocycles. The molecule has 2 aliphatic heterocycles. The zero-order valence-electron chi connectivity index (χ0n) is 16.4. The van der Waals surface area contributed by atoms with Gasteiger partial charge in [-0.15, -0.1) is 0 Å². The van der Waals surface area contributed by atoms with Crippen LogP contribution in [0.25, 0.3) is 6.08 Å². The lowest BCUT2D eigenvalue weighted by Crippen LogP contribution is -2.38. The lowest BCUT2D eigenvalue weighted by molar-refractivity contribution is -0.124. The van der Waals surface area contributed by atoms with Crippen LogP contribution in [-0.4, -0.2) is 53.5 Å². The third-order valence-electron chi connectivity index (χ3n) is 4.93. The molecule has 0 spiro atoms. The number of rotatable bonds is 6. The van der Waals surface area contributed by atoms with E-state index in [9.17, 15) is 18.0 Å². The molecule has 1 N–H and O–H groups in total. The van der Waals surface area contributed by atoms with Crippen molar-refractivity contribution in [2.45, 2.75) is 38.6 Å². The van der Waals surface area contributed by atoms with Gasteiger partial charge >= 0.3 is 0 Å². The Balaban J connectivity index is 1.56. The van der Waals surface area contributed by atoms with E-state index in [0.29, 0.717) is 21.6 Å². The van der Waals surface area contributed by atoms with Crippen molar-refractivity contribution in [1.29, 1.82) is 0 Å². The fraction of sp³-hybridized carbons (Fsp3) is 0.450. The van der Waals surface area contributed by atoms with Gasteiger partial charge in [0.05, 0.1) is 16.4 Å². The Bertz CT molecular complexity index is 952. The number of sulfone groups is 1. The molecule has 9 heteroatoms. The van der Waals surface area contributed by atoms with Crippen molar-refractivity contribution >= 4 is 56.0 Å². The van der Waals surface area contributed by atoms with Crippen LogP contribution in [-0.2, 0) is 19.4 Å². The summed E-state index contributed by atoms with van der Waals surface area (Å²) in [5.41, 5.74) is 2.16. The van der Waals surface area contributed by atoms with E-state index >= 15 is 0 Å². The SMILES string of the molecule is CC(C)c1ccc(/C=C2\SC(=S)N(CCC(=O)N[C@H]3CCS(=O)(=O)C3)C2=O)cc1. The number of carbonyl (C=O) groups is 2. The first-order chi connectivity index (χ1) is 13.6. The maximum absolute atomic E-state index is 12.7. The highest BCUT2D eigenvalue weighted by Gasteiger charge is 2.33. The summed E-state index contributed by atoms with van der Waals surface area (Å²) < 4.78 is 23.4. The van der Waals surface area contributed by atoms with E-state index in [0.717, 1.165) is 5.56 Å². The van der Waals surface area contributed by atoms with Crippen LogP contribution < -0.4 is 5.32 Å². The molecule has 2 aliphatic rings. The zero-order chi connectivity index (χ0) is 21.2. The molecule has 2 fully saturated rings. The van der Waals surface area contributed by atoms with Gasteiger partial charge in [0.1, 0.15) is 4.32 Å². The molecule has 6 nitrogen and oxygen atoms in total. The molecule has 1 aromatic carbocycles. The van der Waals surface area contributed by atoms with Crippen molar-refractivity contribution in [3.63, 3.8) is 0 Å². The van der Waals surface area contributed by atoms with E-state index < -0.39 is 9.84 Å². The van der Waals surface area contributed by atoms with Crippen LogP contribution >= 0.6 is 24.0 Å². The maximum atomic E-state index is 12.7. The number of hydrogen-bond acceptors (Lipinski definition) is 6. The van der Waals surface area contributed by atoms with Gasteiger partial charge in [-0.1, -0.05) is 62.1 Å². The molecule has 2 heterocycles. The van der Waals surface area contributed by atoms with Crippen LogP contribution in [0.3, 0.4) is 0 Å². The summed E-state index contributed by atoms with van der Waals surface area (Å²) >= 11 is 6.54. The first-order valence-corrected chi connectivity index (χ1v) is 12.5. The summed E-state index contributed by atoms with van der Waals surface area (Å²) in [5.74, 6) is 0.0598. The number of carbonyl (C=O) groups excluding carboxylic acids is 2. The van der Waals surface area contributed by atoms with Crippen LogP contribution in [0.15, 0.2) is 29.2 Å². The van der Waals surface area contributed by atoms with Gasteiger partial charge in [-0.3, -0.25) is 14.5 Å². The molecule has 0 radical (unpaired) electrons. The largest absolute Gasteiger partial charge is 0.352 e. The molecular weight excluding hydrogens is 428 g/mol. The fourth-order valence-electron chi connectivity index (χ4n) is 3.24. The van der Waals surface area contributed by atoms with Crippen molar-refractivity contribution in [3.05, 3.63) is 40.3 Å². The molecule has 0 aliphatic carbocycles. The van der Waals surface area contributed by atoms with Gasteiger partial charge < -0.3 is 5.32 Å². The monoisotopic (exact) mass is 452 g/mol. The minimum atomic E-state index is -3.04. The summed E-state index contributed by atoms with van der Waals surface area (Å²) in [7, 11) is -3.04. The Kier molecular flexibility index (Phi) is 6.80. The van der Waals surface area contributed by atoms with E-state index in [2.05, 4.69) is 19.2 Å². The number of thioether (sulfide) groups is 1. The molecule has 0 unspecified atom stereocenters. The second-order valence-electron chi connectivity index (χ2n) is 7.57. The van der Waals surface area contributed by atoms with E-state index in [-0.39, 0.29) is 42.3 Å². The molecule has 0 saturated carbocycles. The molecule has 156 valence electrons. The average molecular weight is 453 g/mol. The minimum absolute atomic E-state index is 0.0157. The van der Waals surface area contributed by atoms with E-state index in [4.69, 9.17) is 12.2 Å². The second-order valence-corrected chi connectivity index (χ2v) is 11.5. The third kappa shape index (κ3) is 5.67. The molecule has 2 amide bonds. The number of nitrogens with zero attached hydrogens (tertiary/aromatic N) is 1. The van der Waals surface area contributed by atoms with Crippen molar-refractivity contribution in [1.82, 2.24) is 10.2 Å². The highest BCUT2D eigenvalue weighted by Crippen LogP contribution is 2.32. The molecule has 1 atom stereocenters. The van der Waals surface area contributed by atoms with E-state index in [1.165, 1.54) is 22.2 Å². The highest BCUT2D eigenvalue weighted by molar-refractivity contribution is 8.26. The van der Waals surface area contributed by atoms with Crippen molar-refractivity contribution in [3.8, 4) is 0 Å². The maximum Gasteiger partial charge on any atom is 0.266 e. The first-order valence-electron chi connectivity index (χ1n) is 9.50. The van der Waals surface area contributed by atoms with Crippen molar-refractivity contribution in [2.75, 3.05) is 18.1 Å². The molecule has 29 heavy (non-hydrogen) atoms. The summed E-state index contributed by atoms with van der Waals surface area (Å²) in [5, 5.41) is 2.73. The Morgan fingerprint density at radius 3 is 2.62 bits per heavy atom. The summed E-state index contributed by atoms with van der Waals surface area (Å²) in [6.07, 6.45) is 2.33. The van der Waals surface area contributed by atoms with E-state index in [1.807, 2.05) is 30.3 Å². The molecule has 3 rings (SSSR count). The fourth-order valence-corrected chi connectivity index (χ4v) is 6.23. The molecule has 0 bridgehead atoms. The molecule has 1 aromatic rings. The van der Waals surface area contributed by atoms with Crippen LogP contribution in [0.2, 0.25) is 0 Å². The van der Waals surface area contributed by atoms with Gasteiger partial charge in [-0.25, -0.2) is 8.42 Å². The zero-order valence-corrected chi connectivity index (χ0v) is 18.8. The third-order valence-corrected chi connectivity index (χ3v) is 8.08. The predicted molar refractivity (Wildman–Crippen MR) is 120 cm³/mol. The Morgan fingerprint density at radius 2 is 2.03 bits per heavy atom. The molecular formula is C20H24N2O4S3. The number of thiocarbonyl (C=S) groups is 1. The van der Waals surface area contributed by atoms with Gasteiger partial charge in [-0.05, 0) is 29.5 Å². The van der Waals surface area contributed by atoms with Crippen molar-refractivity contribution in [2.24, 2.45) is 0 Å². The lowest BCUT2D eigenvalue weighted by Gasteiger charge is -2.15. The van der Waals surface area contributed by atoms with Crippen molar-refractivity contribution < 1.29 is 18.0 Å². The van der Waals surface area contributed by atoms with Gasteiger partial charge in [0, 0.05) is 19.0 Å². The summed E-state index contributed by atoms with van der Waals surface area (Å²) in [6.45, 7) is 4.43. The van der Waals surface area contributed by atoms with Crippen LogP contribution in [0.5, 0.6) is 0 Å². The van der Waals surface area contributed by atoms with Crippen LogP contribution in [0.1, 0.15) is 43.7 Å². The standard InChI is InChI=1S/C20H24N2O4S3/c1-13(2)15-5-3-14(4-6-15)11-17-19(24)22(20(27)28-17)9-7-18(23)21-16-8-10-29(25,26)12-16/h3-6,11,13,16H,7-10,12H2,1-2H3,(H,21,23)/b17-11-/t16-/m0/s1. The van der Waals surface area contributed by atoms with Crippen LogP contribution in [0.4, 0.5) is 0 Å². The highest BCUT2D eigenvalue weighted by atomic mass is 32.2. The quantitative estimate of drug-likeness (QED) is 0.528. The van der Waals surface area contributed by atoms with Gasteiger partial charge in [0.2, 0.25) is 5.91 Å². The Morgan fingerprint density at radius 1 is 1.34 bits per heavy atom. The summed E-state index contributed by atoms with van der Waals surface area (Å²) in [4.78, 5) is 26.8. The van der Waals surface area contributed by atoms with E-state index in [1.54, 1.807) is 0 Å². The first kappa shape index (κ1) is 22.0. The van der Waals surface area contributed by atoms with Gasteiger partial charge in [0.25, 0.3) is 5.91 Å². The number of amides is 2. The summed E-state index contributed by atoms with van der Waals surface area (Å²) in [6, 6.07) is 7.71. The number of hydrogen-bond donors (Lipinski definition) is 1.